The molecule has 0 bridgehead atoms. The second-order valence-electron chi connectivity index (χ2n) is 7.49. The molecule has 1 amide bonds. The van der Waals surface area contributed by atoms with Gasteiger partial charge in [0.05, 0.1) is 5.56 Å². The number of ether oxygens (including phenoxy) is 1. The molecule has 0 spiro atoms. The van der Waals surface area contributed by atoms with E-state index in [2.05, 4.69) is 17.2 Å². The van der Waals surface area contributed by atoms with Crippen LogP contribution in [-0.2, 0) is 10.9 Å². The van der Waals surface area contributed by atoms with Gasteiger partial charge in [0, 0.05) is 24.4 Å². The highest BCUT2D eigenvalue weighted by molar-refractivity contribution is 5.79. The van der Waals surface area contributed by atoms with Gasteiger partial charge in [-0.25, -0.2) is 9.18 Å². The molecule has 3 aromatic rings. The first-order valence-corrected chi connectivity index (χ1v) is 10.3. The maximum absolute atomic E-state index is 13.3. The zero-order chi connectivity index (χ0) is 23.4. The molecule has 33 heavy (non-hydrogen) atoms. The van der Waals surface area contributed by atoms with Crippen molar-refractivity contribution in [3.05, 3.63) is 94.8 Å². The third kappa shape index (κ3) is 5.01. The zero-order valence-electron chi connectivity index (χ0n) is 17.4. The van der Waals surface area contributed by atoms with Crippen LogP contribution >= 0.6 is 0 Å². The van der Waals surface area contributed by atoms with Crippen LogP contribution in [0.15, 0.2) is 66.7 Å². The topological polar surface area (TPSA) is 38.3 Å². The largest absolute Gasteiger partial charge is 0.449 e. The number of carbonyl (C=O) groups is 1. The maximum Gasteiger partial charge on any atom is 0.417 e. The number of benzene rings is 3. The van der Waals surface area contributed by atoms with Crippen LogP contribution in [0.4, 0.5) is 22.4 Å². The van der Waals surface area contributed by atoms with Crippen LogP contribution in [0.1, 0.15) is 34.6 Å². The molecule has 0 saturated carbocycles. The predicted molar refractivity (Wildman–Crippen MR) is 116 cm³/mol. The van der Waals surface area contributed by atoms with Gasteiger partial charge in [0.2, 0.25) is 0 Å². The second kappa shape index (κ2) is 9.37. The Hall–Kier alpha value is -3.79. The Morgan fingerprint density at radius 2 is 1.61 bits per heavy atom. The Bertz CT molecular complexity index is 1200. The monoisotopic (exact) mass is 453 g/mol. The third-order valence-corrected chi connectivity index (χ3v) is 5.37. The first kappa shape index (κ1) is 22.4. The number of fused-ring (bicyclic) bond motifs is 3. The summed E-state index contributed by atoms with van der Waals surface area (Å²) in [5.41, 5.74) is 2.98. The third-order valence-electron chi connectivity index (χ3n) is 5.37. The molecule has 0 aromatic heterocycles. The summed E-state index contributed by atoms with van der Waals surface area (Å²) in [7, 11) is 0. The van der Waals surface area contributed by atoms with E-state index >= 15 is 0 Å². The predicted octanol–water partition coefficient (Wildman–Crippen LogP) is 6.12. The highest BCUT2D eigenvalue weighted by atomic mass is 19.4. The summed E-state index contributed by atoms with van der Waals surface area (Å²) in [6.07, 6.45) is -5.18. The molecule has 0 radical (unpaired) electrons. The number of alkyl halides is 3. The summed E-state index contributed by atoms with van der Waals surface area (Å²) in [6.45, 7) is 0.240. The van der Waals surface area contributed by atoms with Crippen molar-refractivity contribution >= 4 is 6.09 Å². The second-order valence-corrected chi connectivity index (χ2v) is 7.49. The highest BCUT2D eigenvalue weighted by Crippen LogP contribution is 2.44. The number of rotatable bonds is 4. The summed E-state index contributed by atoms with van der Waals surface area (Å²) in [4.78, 5) is 12.1. The van der Waals surface area contributed by atoms with Gasteiger partial charge in [-0.1, -0.05) is 60.4 Å². The summed E-state index contributed by atoms with van der Waals surface area (Å²) in [6, 6.07) is 18.1. The van der Waals surface area contributed by atoms with Gasteiger partial charge in [0.1, 0.15) is 12.4 Å². The van der Waals surface area contributed by atoms with Crippen LogP contribution in [0.2, 0.25) is 0 Å². The Labute approximate surface area is 188 Å². The summed E-state index contributed by atoms with van der Waals surface area (Å²) < 4.78 is 57.7. The minimum Gasteiger partial charge on any atom is -0.449 e. The van der Waals surface area contributed by atoms with E-state index in [1.54, 1.807) is 0 Å². The minimum absolute atomic E-state index is 0.0725. The minimum atomic E-state index is -4.63. The molecule has 1 aliphatic carbocycles. The van der Waals surface area contributed by atoms with E-state index in [0.717, 1.165) is 34.4 Å². The van der Waals surface area contributed by atoms with E-state index in [1.807, 2.05) is 48.5 Å². The zero-order valence-corrected chi connectivity index (χ0v) is 17.4. The lowest BCUT2D eigenvalue weighted by molar-refractivity contribution is -0.137. The van der Waals surface area contributed by atoms with Crippen molar-refractivity contribution in [3.8, 4) is 23.0 Å². The van der Waals surface area contributed by atoms with E-state index in [1.165, 1.54) is 0 Å². The van der Waals surface area contributed by atoms with Crippen LogP contribution in [0.3, 0.4) is 0 Å². The molecule has 0 heterocycles. The standard InChI is InChI=1S/C26H19F4NO2/c27-18-12-13-24(26(28,29)30)17(15-18)7-5-6-14-31-25(32)33-16-23-21-10-3-1-8-19(21)20-9-2-4-11-22(20)23/h1-4,8-13,15,23H,6,14,16H2,(H,31,32). The number of hydrogen-bond donors (Lipinski definition) is 1. The molecule has 3 nitrogen and oxygen atoms in total. The van der Waals surface area contributed by atoms with Gasteiger partial charge < -0.3 is 10.1 Å². The molecule has 168 valence electrons. The van der Waals surface area contributed by atoms with E-state index in [4.69, 9.17) is 4.74 Å². The summed E-state index contributed by atoms with van der Waals surface area (Å²) in [5, 5.41) is 2.54. The smallest absolute Gasteiger partial charge is 0.417 e. The van der Waals surface area contributed by atoms with Crippen molar-refractivity contribution in [3.63, 3.8) is 0 Å². The van der Waals surface area contributed by atoms with Gasteiger partial charge >= 0.3 is 12.3 Å². The van der Waals surface area contributed by atoms with Crippen molar-refractivity contribution in [2.75, 3.05) is 13.2 Å². The van der Waals surface area contributed by atoms with Crippen molar-refractivity contribution in [2.45, 2.75) is 18.5 Å². The van der Waals surface area contributed by atoms with Crippen LogP contribution in [0, 0.1) is 17.7 Å². The highest BCUT2D eigenvalue weighted by Gasteiger charge is 2.33. The lowest BCUT2D eigenvalue weighted by atomic mass is 9.98. The van der Waals surface area contributed by atoms with E-state index in [0.29, 0.717) is 6.07 Å². The quantitative estimate of drug-likeness (QED) is 0.293. The lowest BCUT2D eigenvalue weighted by Crippen LogP contribution is -2.26. The van der Waals surface area contributed by atoms with Crippen LogP contribution in [0.25, 0.3) is 11.1 Å². The van der Waals surface area contributed by atoms with E-state index < -0.39 is 29.2 Å². The van der Waals surface area contributed by atoms with Crippen LogP contribution < -0.4 is 5.32 Å². The number of amides is 1. The van der Waals surface area contributed by atoms with Crippen molar-refractivity contribution < 1.29 is 27.1 Å². The molecule has 0 unspecified atom stereocenters. The Morgan fingerprint density at radius 3 is 2.24 bits per heavy atom. The average Bonchev–Trinajstić information content (AvgIpc) is 3.10. The fraction of sp³-hybridized carbons (Fsp3) is 0.192. The van der Waals surface area contributed by atoms with Gasteiger partial charge in [-0.3, -0.25) is 0 Å². The number of nitrogens with one attached hydrogen (secondary N) is 1. The SMILES string of the molecule is O=C(NCCC#Cc1cc(F)ccc1C(F)(F)F)OCC1c2ccccc2-c2ccccc21. The molecule has 0 atom stereocenters. The van der Waals surface area contributed by atoms with Gasteiger partial charge in [0.15, 0.2) is 0 Å². The van der Waals surface area contributed by atoms with Crippen LogP contribution in [-0.4, -0.2) is 19.2 Å². The molecule has 0 fully saturated rings. The lowest BCUT2D eigenvalue weighted by Gasteiger charge is -2.14. The normalized spacial score (nSPS) is 12.4. The fourth-order valence-electron chi connectivity index (χ4n) is 3.90. The van der Waals surface area contributed by atoms with E-state index in [9.17, 15) is 22.4 Å². The molecule has 1 aliphatic rings. The van der Waals surface area contributed by atoms with Crippen molar-refractivity contribution in [1.29, 1.82) is 0 Å². The number of carbonyl (C=O) groups excluding carboxylic acids is 1. The van der Waals surface area contributed by atoms with Gasteiger partial charge in [-0.05, 0) is 40.5 Å². The van der Waals surface area contributed by atoms with Gasteiger partial charge in [0.25, 0.3) is 0 Å². The molecule has 3 aromatic carbocycles. The molecular formula is C26H19F4NO2. The fourth-order valence-corrected chi connectivity index (χ4v) is 3.90. The summed E-state index contributed by atoms with van der Waals surface area (Å²) in [5.74, 6) is 3.99. The maximum atomic E-state index is 13.3. The van der Waals surface area contributed by atoms with Crippen molar-refractivity contribution in [1.82, 2.24) is 5.32 Å². The van der Waals surface area contributed by atoms with Crippen LogP contribution in [0.5, 0.6) is 0 Å². The number of alkyl carbamates (subject to hydrolysis) is 1. The van der Waals surface area contributed by atoms with E-state index in [-0.39, 0.29) is 25.5 Å². The average molecular weight is 453 g/mol. The van der Waals surface area contributed by atoms with Crippen molar-refractivity contribution in [2.24, 2.45) is 0 Å². The van der Waals surface area contributed by atoms with Gasteiger partial charge in [-0.15, -0.1) is 0 Å². The molecule has 4 rings (SSSR count). The molecule has 0 saturated heterocycles. The molecule has 7 heteroatoms. The Kier molecular flexibility index (Phi) is 6.36. The Morgan fingerprint density at radius 1 is 0.970 bits per heavy atom. The Balaban J connectivity index is 1.31. The molecule has 0 aliphatic heterocycles. The molecule has 1 N–H and O–H groups in total. The first-order chi connectivity index (χ1) is 15.8. The van der Waals surface area contributed by atoms with Gasteiger partial charge in [-0.2, -0.15) is 13.2 Å². The molecular weight excluding hydrogens is 434 g/mol. The first-order valence-electron chi connectivity index (χ1n) is 10.3. The summed E-state index contributed by atoms with van der Waals surface area (Å²) >= 11 is 0. The number of hydrogen-bond acceptors (Lipinski definition) is 2. The number of halogens is 4.